The lowest BCUT2D eigenvalue weighted by molar-refractivity contribution is -0.137. The number of hydrogen-bond acceptors (Lipinski definition) is 9. The molecule has 2 aliphatic rings. The minimum Gasteiger partial charge on any atom is -0.393 e. The summed E-state index contributed by atoms with van der Waals surface area (Å²) in [6.07, 6.45) is 2.21. The van der Waals surface area contributed by atoms with Gasteiger partial charge in [-0.05, 0) is 60.6 Å². The molecule has 1 saturated carbocycles. The monoisotopic (exact) mass is 656 g/mol. The van der Waals surface area contributed by atoms with Crippen molar-refractivity contribution in [3.8, 4) is 11.1 Å². The van der Waals surface area contributed by atoms with Crippen LogP contribution in [0.2, 0.25) is 0 Å². The fraction of sp³-hybridized carbons (Fsp3) is 0.333. The smallest absolute Gasteiger partial charge is 0.393 e. The van der Waals surface area contributed by atoms with Crippen LogP contribution in [0.15, 0.2) is 55.0 Å². The Morgan fingerprint density at radius 1 is 1.07 bits per heavy atom. The summed E-state index contributed by atoms with van der Waals surface area (Å²) in [5, 5.41) is 20.0. The molecule has 1 atom stereocenters. The van der Waals surface area contributed by atoms with Crippen LogP contribution in [-0.4, -0.2) is 53.7 Å². The van der Waals surface area contributed by atoms with E-state index in [4.69, 9.17) is 4.89 Å². The molecule has 12 nitrogen and oxygen atoms in total. The molecule has 2 aromatic heterocycles. The quantitative estimate of drug-likeness (QED) is 0.156. The Morgan fingerprint density at radius 3 is 2.50 bits per heavy atom. The van der Waals surface area contributed by atoms with E-state index >= 15 is 0 Å². The van der Waals surface area contributed by atoms with Crippen molar-refractivity contribution in [1.82, 2.24) is 24.6 Å². The van der Waals surface area contributed by atoms with E-state index < -0.39 is 25.8 Å². The zero-order chi connectivity index (χ0) is 32.6. The Labute approximate surface area is 262 Å². The van der Waals surface area contributed by atoms with Gasteiger partial charge in [-0.3, -0.25) is 9.48 Å². The summed E-state index contributed by atoms with van der Waals surface area (Å²) in [6.45, 7) is 0.167. The molecule has 1 aliphatic carbocycles. The van der Waals surface area contributed by atoms with E-state index in [0.29, 0.717) is 35.9 Å². The molecule has 0 radical (unpaired) electrons. The van der Waals surface area contributed by atoms with E-state index in [1.165, 1.54) is 4.90 Å². The molecule has 1 amide bonds. The number of halogens is 3. The van der Waals surface area contributed by atoms with E-state index in [2.05, 4.69) is 30.2 Å². The molecular formula is C30H30F3N7O5P+. The first-order chi connectivity index (χ1) is 22.0. The lowest BCUT2D eigenvalue weighted by Gasteiger charge is -2.25. The van der Waals surface area contributed by atoms with Gasteiger partial charge >= 0.3 is 14.4 Å². The number of aliphatic hydroxyl groups excluding tert-OH is 1. The largest absolute Gasteiger partial charge is 0.695 e. The fourth-order valence-corrected chi connectivity index (χ4v) is 6.01. The standard InChI is InChI=1S/C30H29F3N7O5P/c1-39-15-23-22(18-12-35-40(14-18)20-6-8-21(41)9-7-20)10-11-25(26(23)28(39)42)37-27-24(30(31,32)33)13-34-29(38-27)36-19-4-2-17(3-5-19)16-45-46(43)44/h2-5,10-14,20-21,41H,6-9,15-16H2,1H3,(H2-,34,36,37,38,42,43,44)/p+1. The summed E-state index contributed by atoms with van der Waals surface area (Å²) < 4.78 is 59.5. The van der Waals surface area contributed by atoms with Crippen molar-refractivity contribution < 1.29 is 37.1 Å². The van der Waals surface area contributed by atoms with E-state index in [1.54, 1.807) is 49.6 Å². The van der Waals surface area contributed by atoms with E-state index in [0.717, 1.165) is 24.0 Å². The number of anilines is 4. The van der Waals surface area contributed by atoms with Gasteiger partial charge in [-0.2, -0.15) is 23.3 Å². The molecule has 0 saturated heterocycles. The highest BCUT2D eigenvalue weighted by Gasteiger charge is 2.37. The van der Waals surface area contributed by atoms with Crippen LogP contribution < -0.4 is 10.6 Å². The molecule has 1 unspecified atom stereocenters. The van der Waals surface area contributed by atoms with Crippen LogP contribution in [0.5, 0.6) is 0 Å². The van der Waals surface area contributed by atoms with E-state index in [1.807, 2.05) is 10.9 Å². The third-order valence-corrected chi connectivity index (χ3v) is 8.47. The van der Waals surface area contributed by atoms with Crippen molar-refractivity contribution in [2.45, 2.75) is 57.2 Å². The summed E-state index contributed by atoms with van der Waals surface area (Å²) in [5.74, 6) is -1.01. The number of aliphatic hydroxyl groups is 1. The van der Waals surface area contributed by atoms with Gasteiger partial charge in [0.2, 0.25) is 5.95 Å². The number of alkyl halides is 3. The average Bonchev–Trinajstić information content (AvgIpc) is 3.62. The molecule has 4 N–H and O–H groups in total. The van der Waals surface area contributed by atoms with Gasteiger partial charge in [-0.25, -0.2) is 4.98 Å². The lowest BCUT2D eigenvalue weighted by atomic mass is 9.93. The predicted molar refractivity (Wildman–Crippen MR) is 162 cm³/mol. The zero-order valence-electron chi connectivity index (χ0n) is 24.5. The van der Waals surface area contributed by atoms with Crippen molar-refractivity contribution in [2.24, 2.45) is 0 Å². The van der Waals surface area contributed by atoms with Gasteiger partial charge < -0.3 is 20.6 Å². The highest BCUT2D eigenvalue weighted by molar-refractivity contribution is 7.32. The van der Waals surface area contributed by atoms with Crippen molar-refractivity contribution >= 4 is 37.3 Å². The summed E-state index contributed by atoms with van der Waals surface area (Å²) in [4.78, 5) is 31.6. The summed E-state index contributed by atoms with van der Waals surface area (Å²) in [5.41, 5.74) is 2.55. The normalized spacial score (nSPS) is 18.4. The highest BCUT2D eigenvalue weighted by Crippen LogP contribution is 2.41. The van der Waals surface area contributed by atoms with Crippen molar-refractivity contribution in [3.63, 3.8) is 0 Å². The fourth-order valence-electron chi connectivity index (χ4n) is 5.75. The molecular weight excluding hydrogens is 626 g/mol. The lowest BCUT2D eigenvalue weighted by Crippen LogP contribution is -2.21. The van der Waals surface area contributed by atoms with Gasteiger partial charge in [0.15, 0.2) is 0 Å². The maximum absolute atomic E-state index is 14.1. The number of nitrogens with zero attached hydrogens (tertiary/aromatic N) is 5. The summed E-state index contributed by atoms with van der Waals surface area (Å²) >= 11 is 0. The molecule has 4 aromatic rings. The van der Waals surface area contributed by atoms with Gasteiger partial charge in [0.05, 0.1) is 29.6 Å². The van der Waals surface area contributed by atoms with E-state index in [9.17, 15) is 27.6 Å². The molecule has 46 heavy (non-hydrogen) atoms. The van der Waals surface area contributed by atoms with E-state index in [-0.39, 0.29) is 48.4 Å². The first-order valence-corrected chi connectivity index (χ1v) is 15.6. The molecule has 0 bridgehead atoms. The highest BCUT2D eigenvalue weighted by atomic mass is 31.1. The van der Waals surface area contributed by atoms with Gasteiger partial charge in [0, 0.05) is 41.8 Å². The summed E-state index contributed by atoms with van der Waals surface area (Å²) in [7, 11) is -1.13. The first kappa shape index (κ1) is 31.5. The molecule has 6 rings (SSSR count). The Kier molecular flexibility index (Phi) is 8.75. The number of amides is 1. The second-order valence-corrected chi connectivity index (χ2v) is 12.0. The Morgan fingerprint density at radius 2 is 1.80 bits per heavy atom. The third-order valence-electron chi connectivity index (χ3n) is 8.12. The van der Waals surface area contributed by atoms with Crippen LogP contribution in [0.4, 0.5) is 36.3 Å². The topological polar surface area (TPSA) is 155 Å². The van der Waals surface area contributed by atoms with Crippen LogP contribution in [0.3, 0.4) is 0 Å². The molecule has 1 aliphatic heterocycles. The number of carbonyl (C=O) groups excluding carboxylic acids is 1. The van der Waals surface area contributed by atoms with Crippen LogP contribution >= 0.6 is 8.25 Å². The van der Waals surface area contributed by atoms with Gasteiger partial charge in [-0.1, -0.05) is 18.2 Å². The SMILES string of the molecule is CN1Cc2c(-c3cnn(C4CCC(O)CC4)c3)ccc(Nc3nc(Nc4ccc(CO[P+](=O)O)cc4)ncc3C(F)(F)F)c2C1=O. The number of carbonyl (C=O) groups is 1. The number of fused-ring (bicyclic) bond motifs is 1. The van der Waals surface area contributed by atoms with Gasteiger partial charge in [0.1, 0.15) is 18.0 Å². The Balaban J connectivity index is 1.30. The summed E-state index contributed by atoms with van der Waals surface area (Å²) in [6, 6.07) is 9.89. The number of nitrogens with one attached hydrogen (secondary N) is 2. The van der Waals surface area contributed by atoms with Crippen molar-refractivity contribution in [3.05, 3.63) is 77.2 Å². The number of benzene rings is 2. The van der Waals surface area contributed by atoms with Gasteiger partial charge in [0.25, 0.3) is 5.91 Å². The molecule has 1 fully saturated rings. The molecule has 2 aromatic carbocycles. The second kappa shape index (κ2) is 12.8. The van der Waals surface area contributed by atoms with Crippen LogP contribution in [0.25, 0.3) is 11.1 Å². The zero-order valence-corrected chi connectivity index (χ0v) is 25.4. The van der Waals surface area contributed by atoms with Crippen molar-refractivity contribution in [1.29, 1.82) is 0 Å². The number of hydrogen-bond donors (Lipinski definition) is 4. The minimum atomic E-state index is -4.79. The Bertz CT molecular complexity index is 1780. The number of aromatic nitrogens is 4. The number of rotatable bonds is 9. The van der Waals surface area contributed by atoms with Crippen LogP contribution in [0.1, 0.15) is 58.8 Å². The Hall–Kier alpha value is -4.43. The molecule has 240 valence electrons. The second-order valence-electron chi connectivity index (χ2n) is 11.3. The molecule has 3 heterocycles. The molecule has 0 spiro atoms. The average molecular weight is 657 g/mol. The van der Waals surface area contributed by atoms with Crippen LogP contribution in [-0.2, 0) is 28.4 Å². The first-order valence-electron chi connectivity index (χ1n) is 14.5. The predicted octanol–water partition coefficient (Wildman–Crippen LogP) is 6.07. The van der Waals surface area contributed by atoms with Crippen LogP contribution in [0, 0.1) is 0 Å². The maximum Gasteiger partial charge on any atom is 0.695 e. The maximum atomic E-state index is 14.1. The van der Waals surface area contributed by atoms with Gasteiger partial charge in [-0.15, -0.1) is 9.42 Å². The van der Waals surface area contributed by atoms with Crippen molar-refractivity contribution in [2.75, 3.05) is 17.7 Å². The molecule has 16 heteroatoms. The third kappa shape index (κ3) is 6.72. The minimum absolute atomic E-state index is 0.0955.